The summed E-state index contributed by atoms with van der Waals surface area (Å²) in [7, 11) is 0. The molecule has 3 aromatic carbocycles. The molecule has 0 saturated carbocycles. The van der Waals surface area contributed by atoms with Gasteiger partial charge in [-0.05, 0) is 42.5 Å². The van der Waals surface area contributed by atoms with E-state index in [4.69, 9.17) is 0 Å². The number of phenols is 2. The van der Waals surface area contributed by atoms with Crippen molar-refractivity contribution in [2.24, 2.45) is 9.98 Å². The van der Waals surface area contributed by atoms with Crippen LogP contribution in [0.4, 0.5) is 11.4 Å². The number of rotatable bonds is 6. The smallest absolute Gasteiger partial charge is 0.255 e. The molecule has 2 heterocycles. The molecule has 10 nitrogen and oxygen atoms in total. The standard InChI is InChI=1S/C26H24N6O4/c33-21-13-17(4-6-19(21)23-27-8-9-28-23)31-25(35)15-2-1-3-16(12-15)26(36)32-18-5-7-20(22(34)14-18)24-29-10-11-30-24/h1-7,12-14,33-34H,8-11H2,(H,27,28)(H,29,30)(H,31,35)(H,32,36). The molecular weight excluding hydrogens is 460 g/mol. The Kier molecular flexibility index (Phi) is 6.23. The van der Waals surface area contributed by atoms with Crippen LogP contribution in [0.1, 0.15) is 31.8 Å². The third-order valence-electron chi connectivity index (χ3n) is 5.76. The molecule has 0 spiro atoms. The molecule has 0 fully saturated rings. The molecule has 36 heavy (non-hydrogen) atoms. The maximum atomic E-state index is 12.8. The third-order valence-corrected chi connectivity index (χ3v) is 5.76. The van der Waals surface area contributed by atoms with E-state index in [0.29, 0.717) is 47.3 Å². The van der Waals surface area contributed by atoms with Gasteiger partial charge in [-0.15, -0.1) is 0 Å². The molecule has 0 aromatic heterocycles. The highest BCUT2D eigenvalue weighted by molar-refractivity contribution is 6.09. The fourth-order valence-electron chi connectivity index (χ4n) is 3.98. The predicted octanol–water partition coefficient (Wildman–Crippen LogP) is 2.30. The topological polar surface area (TPSA) is 147 Å². The van der Waals surface area contributed by atoms with Gasteiger partial charge in [-0.2, -0.15) is 0 Å². The molecule has 6 N–H and O–H groups in total. The van der Waals surface area contributed by atoms with Gasteiger partial charge in [-0.1, -0.05) is 6.07 Å². The molecule has 3 aromatic rings. The maximum absolute atomic E-state index is 12.8. The van der Waals surface area contributed by atoms with E-state index < -0.39 is 11.8 Å². The van der Waals surface area contributed by atoms with Crippen molar-refractivity contribution in [2.75, 3.05) is 36.8 Å². The van der Waals surface area contributed by atoms with Crippen molar-refractivity contribution in [1.82, 2.24) is 10.6 Å². The van der Waals surface area contributed by atoms with Gasteiger partial charge >= 0.3 is 0 Å². The number of hydrogen-bond acceptors (Lipinski definition) is 8. The number of hydrogen-bond donors (Lipinski definition) is 6. The van der Waals surface area contributed by atoms with E-state index in [2.05, 4.69) is 31.3 Å². The van der Waals surface area contributed by atoms with E-state index in [-0.39, 0.29) is 22.6 Å². The van der Waals surface area contributed by atoms with E-state index in [1.54, 1.807) is 42.5 Å². The Morgan fingerprint density at radius 3 is 1.56 bits per heavy atom. The van der Waals surface area contributed by atoms with Crippen LogP contribution < -0.4 is 21.3 Å². The van der Waals surface area contributed by atoms with Gasteiger partial charge < -0.3 is 31.5 Å². The predicted molar refractivity (Wildman–Crippen MR) is 137 cm³/mol. The van der Waals surface area contributed by atoms with Crippen molar-refractivity contribution < 1.29 is 19.8 Å². The first-order valence-electron chi connectivity index (χ1n) is 11.4. The zero-order valence-corrected chi connectivity index (χ0v) is 19.2. The van der Waals surface area contributed by atoms with Gasteiger partial charge in [-0.3, -0.25) is 19.6 Å². The summed E-state index contributed by atoms with van der Waals surface area (Å²) in [5, 5.41) is 32.3. The van der Waals surface area contributed by atoms with Crippen molar-refractivity contribution in [3.8, 4) is 11.5 Å². The Morgan fingerprint density at radius 1 is 0.694 bits per heavy atom. The molecule has 0 unspecified atom stereocenters. The van der Waals surface area contributed by atoms with Gasteiger partial charge in [0.25, 0.3) is 11.8 Å². The van der Waals surface area contributed by atoms with E-state index in [1.165, 1.54) is 18.2 Å². The van der Waals surface area contributed by atoms with Crippen LogP contribution in [-0.4, -0.2) is 59.9 Å². The van der Waals surface area contributed by atoms with E-state index in [9.17, 15) is 19.8 Å². The average molecular weight is 485 g/mol. The summed E-state index contributed by atoms with van der Waals surface area (Å²) >= 11 is 0. The first-order valence-corrected chi connectivity index (χ1v) is 11.4. The number of carbonyl (C=O) groups is 2. The minimum absolute atomic E-state index is 0.000802. The van der Waals surface area contributed by atoms with Gasteiger partial charge in [0.05, 0.1) is 24.2 Å². The largest absolute Gasteiger partial charge is 0.507 e. The summed E-state index contributed by atoms with van der Waals surface area (Å²) in [6.45, 7) is 2.74. The summed E-state index contributed by atoms with van der Waals surface area (Å²) in [6.07, 6.45) is 0. The number of anilines is 2. The van der Waals surface area contributed by atoms with Crippen LogP contribution in [0, 0.1) is 0 Å². The van der Waals surface area contributed by atoms with Crippen molar-refractivity contribution in [3.05, 3.63) is 82.9 Å². The zero-order valence-electron chi connectivity index (χ0n) is 19.2. The summed E-state index contributed by atoms with van der Waals surface area (Å²) in [6, 6.07) is 15.9. The third kappa shape index (κ3) is 4.83. The average Bonchev–Trinajstić information content (AvgIpc) is 3.59. The van der Waals surface area contributed by atoms with E-state index in [0.717, 1.165) is 13.1 Å². The lowest BCUT2D eigenvalue weighted by Crippen LogP contribution is -2.20. The first kappa shape index (κ1) is 22.9. The summed E-state index contributed by atoms with van der Waals surface area (Å²) in [4.78, 5) is 34.2. The minimum Gasteiger partial charge on any atom is -0.507 e. The van der Waals surface area contributed by atoms with Crippen molar-refractivity contribution in [2.45, 2.75) is 0 Å². The molecule has 2 aliphatic heterocycles. The fourth-order valence-corrected chi connectivity index (χ4v) is 3.98. The van der Waals surface area contributed by atoms with Gasteiger partial charge in [0.2, 0.25) is 0 Å². The molecule has 0 aliphatic carbocycles. The number of aliphatic imine (C=N–C) groups is 2. The number of amides is 2. The highest BCUT2D eigenvalue weighted by Gasteiger charge is 2.16. The highest BCUT2D eigenvalue weighted by Crippen LogP contribution is 2.25. The van der Waals surface area contributed by atoms with Gasteiger partial charge in [0, 0.05) is 47.7 Å². The number of nitrogens with zero attached hydrogens (tertiary/aromatic N) is 2. The van der Waals surface area contributed by atoms with Gasteiger partial charge in [-0.25, -0.2) is 0 Å². The number of amidine groups is 2. The summed E-state index contributed by atoms with van der Waals surface area (Å²) in [5.41, 5.74) is 2.50. The Balaban J connectivity index is 1.26. The molecule has 10 heteroatoms. The summed E-state index contributed by atoms with van der Waals surface area (Å²) < 4.78 is 0. The lowest BCUT2D eigenvalue weighted by molar-refractivity contribution is 0.102. The molecule has 0 atom stereocenters. The number of phenolic OH excluding ortho intramolecular Hbond substituents is 2. The fraction of sp³-hybridized carbons (Fsp3) is 0.154. The number of aromatic hydroxyl groups is 2. The first-order chi connectivity index (χ1) is 17.5. The quantitative estimate of drug-likeness (QED) is 0.316. The lowest BCUT2D eigenvalue weighted by Gasteiger charge is -2.11. The molecule has 0 saturated heterocycles. The van der Waals surface area contributed by atoms with Gasteiger partial charge in [0.1, 0.15) is 23.2 Å². The lowest BCUT2D eigenvalue weighted by atomic mass is 10.1. The Hall–Kier alpha value is -4.86. The minimum atomic E-state index is -0.431. The Bertz CT molecular complexity index is 1310. The van der Waals surface area contributed by atoms with Crippen LogP contribution >= 0.6 is 0 Å². The number of carbonyl (C=O) groups excluding carboxylic acids is 2. The van der Waals surface area contributed by atoms with Crippen LogP contribution in [-0.2, 0) is 0 Å². The molecule has 0 bridgehead atoms. The molecular formula is C26H24N6O4. The molecule has 182 valence electrons. The van der Waals surface area contributed by atoms with Crippen molar-refractivity contribution >= 4 is 34.9 Å². The second-order valence-electron chi connectivity index (χ2n) is 8.27. The van der Waals surface area contributed by atoms with Gasteiger partial charge in [0.15, 0.2) is 0 Å². The molecule has 5 rings (SSSR count). The molecule has 2 amide bonds. The second-order valence-corrected chi connectivity index (χ2v) is 8.27. The molecule has 2 aliphatic rings. The van der Waals surface area contributed by atoms with Crippen molar-refractivity contribution in [3.63, 3.8) is 0 Å². The van der Waals surface area contributed by atoms with Crippen molar-refractivity contribution in [1.29, 1.82) is 0 Å². The number of nitrogens with one attached hydrogen (secondary N) is 4. The molecule has 0 radical (unpaired) electrons. The maximum Gasteiger partial charge on any atom is 0.255 e. The number of benzene rings is 3. The Labute approximate surface area is 206 Å². The highest BCUT2D eigenvalue weighted by atomic mass is 16.3. The zero-order chi connectivity index (χ0) is 25.1. The SMILES string of the molecule is O=C(Nc1ccc(C2=NCCN2)c(O)c1)c1cccc(C(=O)Nc2ccc(C3=NCCN3)c(O)c2)c1. The van der Waals surface area contributed by atoms with Crippen LogP contribution in [0.3, 0.4) is 0 Å². The Morgan fingerprint density at radius 2 is 1.17 bits per heavy atom. The van der Waals surface area contributed by atoms with E-state index >= 15 is 0 Å². The van der Waals surface area contributed by atoms with Crippen LogP contribution in [0.5, 0.6) is 11.5 Å². The van der Waals surface area contributed by atoms with Crippen LogP contribution in [0.15, 0.2) is 70.6 Å². The summed E-state index contributed by atoms with van der Waals surface area (Å²) in [5.74, 6) is 0.380. The second kappa shape index (κ2) is 9.79. The normalized spacial score (nSPS) is 14.3. The van der Waals surface area contributed by atoms with E-state index in [1.807, 2.05) is 0 Å². The van der Waals surface area contributed by atoms with Crippen LogP contribution in [0.2, 0.25) is 0 Å². The monoisotopic (exact) mass is 484 g/mol. The van der Waals surface area contributed by atoms with Crippen LogP contribution in [0.25, 0.3) is 0 Å².